The molecule has 19 heavy (non-hydrogen) atoms. The molecular formula is C15H24N4. The average Bonchev–Trinajstić information content (AvgIpc) is 2.41. The molecule has 0 saturated carbocycles. The van der Waals surface area contributed by atoms with E-state index in [0.717, 1.165) is 31.0 Å². The molecule has 0 spiro atoms. The van der Waals surface area contributed by atoms with Gasteiger partial charge < -0.3 is 10.2 Å². The highest BCUT2D eigenvalue weighted by atomic mass is 15.3. The van der Waals surface area contributed by atoms with Gasteiger partial charge in [-0.25, -0.2) is 0 Å². The lowest BCUT2D eigenvalue weighted by molar-refractivity contribution is 0.469. The molecule has 1 rings (SSSR count). The number of nitrogens with zero attached hydrogens (tertiary/aromatic N) is 3. The largest absolute Gasteiger partial charge is 0.351 e. The van der Waals surface area contributed by atoms with Gasteiger partial charge >= 0.3 is 0 Å². The molecule has 104 valence electrons. The van der Waals surface area contributed by atoms with Gasteiger partial charge in [0.25, 0.3) is 0 Å². The third-order valence-corrected chi connectivity index (χ3v) is 3.01. The zero-order chi connectivity index (χ0) is 14.1. The minimum atomic E-state index is 0.700. The van der Waals surface area contributed by atoms with Gasteiger partial charge in [0.15, 0.2) is 5.96 Å². The standard InChI is InChI=1S/C15H24N4/c1-5-6-7-11-19(4)15(16-3)18-12-14-13(2)9-8-10-17-14/h5,8-10H,1,6-7,11-12H2,2-4H3,(H,16,18). The number of allylic oxidation sites excluding steroid dienone is 1. The lowest BCUT2D eigenvalue weighted by Gasteiger charge is -2.22. The number of nitrogens with one attached hydrogen (secondary N) is 1. The number of aryl methyl sites for hydroxylation is 1. The molecule has 1 aromatic rings. The Kier molecular flexibility index (Phi) is 6.64. The molecule has 1 N–H and O–H groups in total. The first-order chi connectivity index (χ1) is 9.19. The van der Waals surface area contributed by atoms with E-state index in [9.17, 15) is 0 Å². The summed E-state index contributed by atoms with van der Waals surface area (Å²) >= 11 is 0. The number of aliphatic imine (C=N–C) groups is 1. The molecule has 0 aromatic carbocycles. The third-order valence-electron chi connectivity index (χ3n) is 3.01. The number of unbranched alkanes of at least 4 members (excludes halogenated alkanes) is 1. The van der Waals surface area contributed by atoms with Crippen LogP contribution in [0, 0.1) is 6.92 Å². The normalized spacial score (nSPS) is 11.2. The highest BCUT2D eigenvalue weighted by Crippen LogP contribution is 2.02. The molecule has 0 unspecified atom stereocenters. The van der Waals surface area contributed by atoms with Crippen LogP contribution in [0.1, 0.15) is 24.1 Å². The van der Waals surface area contributed by atoms with Crippen LogP contribution in [0.3, 0.4) is 0 Å². The minimum Gasteiger partial charge on any atom is -0.351 e. The van der Waals surface area contributed by atoms with Crippen LogP contribution < -0.4 is 5.32 Å². The van der Waals surface area contributed by atoms with Gasteiger partial charge in [-0.3, -0.25) is 9.98 Å². The van der Waals surface area contributed by atoms with Gasteiger partial charge in [-0.2, -0.15) is 0 Å². The first-order valence-corrected chi connectivity index (χ1v) is 6.62. The summed E-state index contributed by atoms with van der Waals surface area (Å²) in [5, 5.41) is 3.34. The van der Waals surface area contributed by atoms with Crippen molar-refractivity contribution in [2.24, 2.45) is 4.99 Å². The van der Waals surface area contributed by atoms with Gasteiger partial charge in [-0.05, 0) is 31.4 Å². The zero-order valence-corrected chi connectivity index (χ0v) is 12.2. The van der Waals surface area contributed by atoms with Gasteiger partial charge in [0.05, 0.1) is 12.2 Å². The van der Waals surface area contributed by atoms with Crippen LogP contribution in [0.4, 0.5) is 0 Å². The van der Waals surface area contributed by atoms with Crippen molar-refractivity contribution < 1.29 is 0 Å². The minimum absolute atomic E-state index is 0.700. The van der Waals surface area contributed by atoms with Crippen molar-refractivity contribution in [1.29, 1.82) is 0 Å². The number of hydrogen-bond donors (Lipinski definition) is 1. The molecule has 4 heteroatoms. The van der Waals surface area contributed by atoms with Crippen LogP contribution in [0.2, 0.25) is 0 Å². The lowest BCUT2D eigenvalue weighted by Crippen LogP contribution is -2.39. The van der Waals surface area contributed by atoms with Crippen LogP contribution in [0.25, 0.3) is 0 Å². The van der Waals surface area contributed by atoms with Crippen molar-refractivity contribution in [3.63, 3.8) is 0 Å². The molecule has 0 bridgehead atoms. The summed E-state index contributed by atoms with van der Waals surface area (Å²) in [5.41, 5.74) is 2.25. The Bertz CT molecular complexity index is 426. The second-order valence-corrected chi connectivity index (χ2v) is 4.52. The van der Waals surface area contributed by atoms with E-state index in [0.29, 0.717) is 6.54 Å². The quantitative estimate of drug-likeness (QED) is 0.369. The number of rotatable bonds is 6. The topological polar surface area (TPSA) is 40.5 Å². The number of hydrogen-bond acceptors (Lipinski definition) is 2. The number of guanidine groups is 1. The molecule has 0 radical (unpaired) electrons. The molecule has 4 nitrogen and oxygen atoms in total. The average molecular weight is 260 g/mol. The van der Waals surface area contributed by atoms with Crippen molar-refractivity contribution in [2.45, 2.75) is 26.3 Å². The molecule has 0 saturated heterocycles. The van der Waals surface area contributed by atoms with Crippen molar-refractivity contribution in [1.82, 2.24) is 15.2 Å². The molecule has 1 heterocycles. The highest BCUT2D eigenvalue weighted by Gasteiger charge is 2.06. The van der Waals surface area contributed by atoms with Crippen LogP contribution in [-0.4, -0.2) is 36.5 Å². The zero-order valence-electron chi connectivity index (χ0n) is 12.2. The van der Waals surface area contributed by atoms with Crippen LogP contribution >= 0.6 is 0 Å². The monoisotopic (exact) mass is 260 g/mol. The van der Waals surface area contributed by atoms with Crippen LogP contribution in [-0.2, 0) is 6.54 Å². The Morgan fingerprint density at radius 2 is 2.37 bits per heavy atom. The molecular weight excluding hydrogens is 236 g/mol. The number of aromatic nitrogens is 1. The second-order valence-electron chi connectivity index (χ2n) is 4.52. The van der Waals surface area contributed by atoms with E-state index < -0.39 is 0 Å². The summed E-state index contributed by atoms with van der Waals surface area (Å²) in [6, 6.07) is 4.02. The maximum atomic E-state index is 4.37. The maximum absolute atomic E-state index is 4.37. The maximum Gasteiger partial charge on any atom is 0.193 e. The van der Waals surface area contributed by atoms with Crippen molar-refractivity contribution in [3.05, 3.63) is 42.2 Å². The van der Waals surface area contributed by atoms with Crippen molar-refractivity contribution in [3.8, 4) is 0 Å². The van der Waals surface area contributed by atoms with Gasteiger partial charge in [0.2, 0.25) is 0 Å². The van der Waals surface area contributed by atoms with Gasteiger partial charge in [0.1, 0.15) is 0 Å². The molecule has 0 aliphatic carbocycles. The summed E-state index contributed by atoms with van der Waals surface area (Å²) in [7, 11) is 3.85. The van der Waals surface area contributed by atoms with Crippen molar-refractivity contribution in [2.75, 3.05) is 20.6 Å². The Morgan fingerprint density at radius 3 is 3.00 bits per heavy atom. The fourth-order valence-corrected chi connectivity index (χ4v) is 1.83. The Hall–Kier alpha value is -1.84. The van der Waals surface area contributed by atoms with E-state index in [1.165, 1.54) is 5.56 Å². The third kappa shape index (κ3) is 5.12. The van der Waals surface area contributed by atoms with E-state index >= 15 is 0 Å². The predicted octanol–water partition coefficient (Wildman–Crippen LogP) is 2.36. The fraction of sp³-hybridized carbons (Fsp3) is 0.467. The Balaban J connectivity index is 2.49. The van der Waals surface area contributed by atoms with E-state index in [-0.39, 0.29) is 0 Å². The van der Waals surface area contributed by atoms with Gasteiger partial charge in [0, 0.05) is 26.8 Å². The smallest absolute Gasteiger partial charge is 0.193 e. The fourth-order valence-electron chi connectivity index (χ4n) is 1.83. The molecule has 0 aliphatic rings. The van der Waals surface area contributed by atoms with E-state index in [1.807, 2.05) is 25.4 Å². The summed E-state index contributed by atoms with van der Waals surface area (Å²) in [6.07, 6.45) is 5.88. The summed E-state index contributed by atoms with van der Waals surface area (Å²) in [4.78, 5) is 10.8. The van der Waals surface area contributed by atoms with E-state index in [4.69, 9.17) is 0 Å². The Morgan fingerprint density at radius 1 is 1.58 bits per heavy atom. The molecule has 0 aliphatic heterocycles. The molecule has 0 amide bonds. The number of pyridine rings is 1. The second kappa shape index (κ2) is 8.29. The van der Waals surface area contributed by atoms with Gasteiger partial charge in [-0.1, -0.05) is 12.1 Å². The highest BCUT2D eigenvalue weighted by molar-refractivity contribution is 5.79. The predicted molar refractivity (Wildman–Crippen MR) is 81.2 cm³/mol. The van der Waals surface area contributed by atoms with E-state index in [2.05, 4.69) is 39.8 Å². The molecule has 0 fully saturated rings. The van der Waals surface area contributed by atoms with E-state index in [1.54, 1.807) is 7.05 Å². The van der Waals surface area contributed by atoms with Crippen LogP contribution in [0.15, 0.2) is 36.0 Å². The van der Waals surface area contributed by atoms with Gasteiger partial charge in [-0.15, -0.1) is 6.58 Å². The SMILES string of the molecule is C=CCCCN(C)C(=NC)NCc1ncccc1C. The summed E-state index contributed by atoms with van der Waals surface area (Å²) in [6.45, 7) is 7.47. The first kappa shape index (κ1) is 15.2. The molecule has 1 aromatic heterocycles. The first-order valence-electron chi connectivity index (χ1n) is 6.62. The summed E-state index contributed by atoms with van der Waals surface area (Å²) in [5.74, 6) is 0.897. The Labute approximate surface area is 116 Å². The van der Waals surface area contributed by atoms with Crippen molar-refractivity contribution >= 4 is 5.96 Å². The lowest BCUT2D eigenvalue weighted by atomic mass is 10.2. The van der Waals surface area contributed by atoms with Crippen LogP contribution in [0.5, 0.6) is 0 Å². The molecule has 0 atom stereocenters. The summed E-state index contributed by atoms with van der Waals surface area (Å²) < 4.78 is 0.